The number of rotatable bonds is 7. The number of carbonyl (C=O) groups excluding carboxylic acids is 1. The molecule has 8 heteroatoms. The van der Waals surface area contributed by atoms with Gasteiger partial charge in [0.15, 0.2) is 10.9 Å². The third-order valence-corrected chi connectivity index (χ3v) is 5.26. The highest BCUT2D eigenvalue weighted by Crippen LogP contribution is 2.23. The van der Waals surface area contributed by atoms with Gasteiger partial charge >= 0.3 is 0 Å². The highest BCUT2D eigenvalue weighted by molar-refractivity contribution is 7.99. The number of thioether (sulfide) groups is 1. The Hall–Kier alpha value is -3.44. The minimum absolute atomic E-state index is 0.00267. The van der Waals surface area contributed by atoms with Crippen LogP contribution in [0.2, 0.25) is 0 Å². The van der Waals surface area contributed by atoms with E-state index >= 15 is 0 Å². The van der Waals surface area contributed by atoms with Crippen molar-refractivity contribution in [3.63, 3.8) is 0 Å². The molecule has 0 aliphatic carbocycles. The summed E-state index contributed by atoms with van der Waals surface area (Å²) >= 11 is 1.07. The van der Waals surface area contributed by atoms with E-state index in [1.165, 1.54) is 11.5 Å². The fourth-order valence-corrected chi connectivity index (χ4v) is 3.72. The fraction of sp³-hybridized carbons (Fsp3) is 0.190. The highest BCUT2D eigenvalue weighted by atomic mass is 32.2. The molecule has 146 valence electrons. The van der Waals surface area contributed by atoms with Crippen LogP contribution in [0.1, 0.15) is 6.92 Å². The Balaban J connectivity index is 2.07. The number of para-hydroxylation sites is 1. The molecule has 1 heterocycles. The predicted molar refractivity (Wildman–Crippen MR) is 112 cm³/mol. The Morgan fingerprint density at radius 1 is 1.28 bits per heavy atom. The van der Waals surface area contributed by atoms with Crippen LogP contribution in [0.3, 0.4) is 0 Å². The van der Waals surface area contributed by atoms with Crippen LogP contribution < -0.4 is 10.3 Å². The number of ether oxygens (including phenoxy) is 1. The number of nitriles is 1. The van der Waals surface area contributed by atoms with Crippen LogP contribution in [-0.4, -0.2) is 33.9 Å². The number of fused-ring (bicyclic) bond motifs is 1. The van der Waals surface area contributed by atoms with E-state index in [-0.39, 0.29) is 17.0 Å². The van der Waals surface area contributed by atoms with Crippen molar-refractivity contribution >= 4 is 34.2 Å². The molecule has 0 bridgehead atoms. The number of carbonyl (C=O) groups is 1. The Morgan fingerprint density at radius 2 is 1.97 bits per heavy atom. The zero-order chi connectivity index (χ0) is 21.0. The lowest BCUT2D eigenvalue weighted by Crippen LogP contribution is -2.24. The molecule has 3 aromatic rings. The van der Waals surface area contributed by atoms with Crippen molar-refractivity contribution < 1.29 is 9.53 Å². The molecule has 3 rings (SSSR count). The van der Waals surface area contributed by atoms with Gasteiger partial charge in [-0.1, -0.05) is 23.9 Å². The van der Waals surface area contributed by atoms with Crippen LogP contribution in [-0.2, 0) is 4.79 Å². The molecule has 0 saturated heterocycles. The van der Waals surface area contributed by atoms with Crippen molar-refractivity contribution in [3.05, 3.63) is 58.9 Å². The van der Waals surface area contributed by atoms with Crippen LogP contribution in [0.15, 0.2) is 58.5 Å². The van der Waals surface area contributed by atoms with Gasteiger partial charge in [0.2, 0.25) is 0 Å². The first kappa shape index (κ1) is 20.3. The van der Waals surface area contributed by atoms with Gasteiger partial charge in [-0.2, -0.15) is 5.26 Å². The molecule has 0 amide bonds. The number of methoxy groups -OCH3 is 1. The van der Waals surface area contributed by atoms with Crippen molar-refractivity contribution in [2.24, 2.45) is 5.92 Å². The zero-order valence-corrected chi connectivity index (χ0v) is 16.7. The van der Waals surface area contributed by atoms with Crippen LogP contribution in [0.4, 0.5) is 0 Å². The third kappa shape index (κ3) is 4.20. The standard InChI is InChI=1S/C21H18N4O3S/c1-13(23)17(11-22)19(26)12-29-21-24-18-6-4-3-5-16(18)20(27)25(21)14-7-9-15(28-2)10-8-14/h3-10,17,23H,12H2,1-2H3. The highest BCUT2D eigenvalue weighted by Gasteiger charge is 2.22. The molecule has 7 nitrogen and oxygen atoms in total. The second-order valence-electron chi connectivity index (χ2n) is 6.25. The summed E-state index contributed by atoms with van der Waals surface area (Å²) in [5.74, 6) is -0.911. The lowest BCUT2D eigenvalue weighted by molar-refractivity contribution is -0.117. The summed E-state index contributed by atoms with van der Waals surface area (Å²) in [6.45, 7) is 1.43. The van der Waals surface area contributed by atoms with Crippen molar-refractivity contribution in [2.45, 2.75) is 12.1 Å². The number of hydrogen-bond acceptors (Lipinski definition) is 7. The van der Waals surface area contributed by atoms with E-state index in [1.54, 1.807) is 55.6 Å². The van der Waals surface area contributed by atoms with Gasteiger partial charge in [0.05, 0.1) is 35.5 Å². The Bertz CT molecular complexity index is 1180. The first-order valence-corrected chi connectivity index (χ1v) is 9.71. The van der Waals surface area contributed by atoms with Crippen molar-refractivity contribution in [2.75, 3.05) is 12.9 Å². The van der Waals surface area contributed by atoms with E-state index in [0.29, 0.717) is 27.5 Å². The average molecular weight is 406 g/mol. The molecule has 1 atom stereocenters. The molecular formula is C21H18N4O3S. The summed E-state index contributed by atoms with van der Waals surface area (Å²) < 4.78 is 6.62. The maximum absolute atomic E-state index is 13.2. The maximum atomic E-state index is 13.2. The number of benzene rings is 2. The van der Waals surface area contributed by atoms with Crippen molar-refractivity contribution in [3.8, 4) is 17.5 Å². The minimum Gasteiger partial charge on any atom is -0.497 e. The van der Waals surface area contributed by atoms with Crippen LogP contribution in [0.5, 0.6) is 5.75 Å². The van der Waals surface area contributed by atoms with Gasteiger partial charge in [0.1, 0.15) is 11.7 Å². The van der Waals surface area contributed by atoms with Gasteiger partial charge < -0.3 is 10.1 Å². The smallest absolute Gasteiger partial charge is 0.266 e. The first-order valence-electron chi connectivity index (χ1n) is 8.72. The molecule has 29 heavy (non-hydrogen) atoms. The molecule has 0 fully saturated rings. The van der Waals surface area contributed by atoms with Crippen molar-refractivity contribution in [1.29, 1.82) is 10.7 Å². The number of hydrogen-bond donors (Lipinski definition) is 1. The lowest BCUT2D eigenvalue weighted by Gasteiger charge is -2.14. The topological polar surface area (TPSA) is 109 Å². The Morgan fingerprint density at radius 3 is 2.59 bits per heavy atom. The summed E-state index contributed by atoms with van der Waals surface area (Å²) in [5, 5.41) is 17.5. The minimum atomic E-state index is -1.09. The summed E-state index contributed by atoms with van der Waals surface area (Å²) in [6.07, 6.45) is 0. The first-order chi connectivity index (χ1) is 14.0. The summed E-state index contributed by atoms with van der Waals surface area (Å²) in [6, 6.07) is 15.8. The number of Topliss-reactive ketones (excluding diaryl/α,β-unsaturated/α-hetero) is 1. The SMILES string of the molecule is COc1ccc(-n2c(SCC(=O)C(C#N)C(C)=N)nc3ccccc3c2=O)cc1. The zero-order valence-electron chi connectivity index (χ0n) is 15.9. The van der Waals surface area contributed by atoms with Gasteiger partial charge in [0.25, 0.3) is 5.56 Å². The van der Waals surface area contributed by atoms with Crippen LogP contribution >= 0.6 is 11.8 Å². The monoisotopic (exact) mass is 406 g/mol. The molecule has 0 radical (unpaired) electrons. The predicted octanol–water partition coefficient (Wildman–Crippen LogP) is 3.23. The van der Waals surface area contributed by atoms with Gasteiger partial charge in [-0.05, 0) is 43.3 Å². The molecule has 0 aliphatic rings. The molecule has 1 N–H and O–H groups in total. The number of aromatic nitrogens is 2. The molecule has 0 saturated carbocycles. The summed E-state index contributed by atoms with van der Waals surface area (Å²) in [4.78, 5) is 30.1. The molecule has 0 aliphatic heterocycles. The van der Waals surface area contributed by atoms with E-state index in [1.807, 2.05) is 6.07 Å². The van der Waals surface area contributed by atoms with Gasteiger partial charge in [-0.15, -0.1) is 0 Å². The van der Waals surface area contributed by atoms with Crippen LogP contribution in [0.25, 0.3) is 16.6 Å². The fourth-order valence-electron chi connectivity index (χ4n) is 2.80. The van der Waals surface area contributed by atoms with Crippen LogP contribution in [0, 0.1) is 22.7 Å². The largest absolute Gasteiger partial charge is 0.497 e. The van der Waals surface area contributed by atoms with E-state index in [0.717, 1.165) is 11.8 Å². The Labute approximate surface area is 171 Å². The quantitative estimate of drug-likeness (QED) is 0.366. The normalized spacial score (nSPS) is 11.6. The van der Waals surface area contributed by atoms with E-state index in [4.69, 9.17) is 15.4 Å². The molecule has 1 unspecified atom stereocenters. The maximum Gasteiger partial charge on any atom is 0.266 e. The lowest BCUT2D eigenvalue weighted by atomic mass is 10.0. The second kappa shape index (κ2) is 8.71. The number of nitrogens with one attached hydrogen (secondary N) is 1. The summed E-state index contributed by atoms with van der Waals surface area (Å²) in [5.41, 5.74) is 0.856. The number of ketones is 1. The van der Waals surface area contributed by atoms with E-state index in [2.05, 4.69) is 4.98 Å². The van der Waals surface area contributed by atoms with Gasteiger partial charge in [-0.25, -0.2) is 4.98 Å². The molecule has 2 aromatic carbocycles. The van der Waals surface area contributed by atoms with Gasteiger partial charge in [0, 0.05) is 5.71 Å². The molecule has 1 aromatic heterocycles. The second-order valence-corrected chi connectivity index (χ2v) is 7.19. The van der Waals surface area contributed by atoms with E-state index in [9.17, 15) is 9.59 Å². The van der Waals surface area contributed by atoms with Gasteiger partial charge in [-0.3, -0.25) is 14.2 Å². The van der Waals surface area contributed by atoms with E-state index < -0.39 is 11.7 Å². The molecule has 0 spiro atoms. The van der Waals surface area contributed by atoms with Crippen molar-refractivity contribution in [1.82, 2.24) is 9.55 Å². The average Bonchev–Trinajstić information content (AvgIpc) is 2.73. The summed E-state index contributed by atoms with van der Waals surface area (Å²) in [7, 11) is 1.56. The number of nitrogens with zero attached hydrogens (tertiary/aromatic N) is 3. The Kier molecular flexibility index (Phi) is 6.10. The third-order valence-electron chi connectivity index (χ3n) is 4.30. The molecular weight excluding hydrogens is 388 g/mol.